The van der Waals surface area contributed by atoms with Gasteiger partial charge in [0, 0.05) is 16.3 Å². The fourth-order valence-electron chi connectivity index (χ4n) is 3.46. The SMILES string of the molecule is CCOC(=O)c1cc2c(OC)c(OC)c(OC)cc2c(-c2cccc(OC)c2OC)n1. The number of aromatic nitrogens is 1. The Balaban J connectivity index is 2.48. The Morgan fingerprint density at radius 1 is 0.806 bits per heavy atom. The first-order valence-electron chi connectivity index (χ1n) is 9.56. The van der Waals surface area contributed by atoms with Gasteiger partial charge in [-0.05, 0) is 31.2 Å². The molecule has 0 aliphatic heterocycles. The summed E-state index contributed by atoms with van der Waals surface area (Å²) in [5.74, 6) is 1.73. The standard InChI is InChI=1S/C23H25NO7/c1-7-31-23(25)16-11-15-14(12-18(27-3)22(30-6)21(15)29-5)19(24-16)13-9-8-10-17(26-2)20(13)28-4/h8-12H,7H2,1-6H3. The molecule has 0 saturated heterocycles. The van der Waals surface area contributed by atoms with Crippen molar-refractivity contribution in [3.8, 4) is 40.0 Å². The zero-order valence-corrected chi connectivity index (χ0v) is 18.4. The number of carbonyl (C=O) groups excluding carboxylic acids is 1. The van der Waals surface area contributed by atoms with E-state index in [4.69, 9.17) is 28.4 Å². The fourth-order valence-corrected chi connectivity index (χ4v) is 3.46. The Morgan fingerprint density at radius 2 is 1.48 bits per heavy atom. The Morgan fingerprint density at radius 3 is 2.06 bits per heavy atom. The van der Waals surface area contributed by atoms with Crippen LogP contribution in [0.1, 0.15) is 17.4 Å². The van der Waals surface area contributed by atoms with Crippen LogP contribution in [0.15, 0.2) is 30.3 Å². The normalized spacial score (nSPS) is 10.5. The third-order valence-electron chi connectivity index (χ3n) is 4.78. The van der Waals surface area contributed by atoms with Crippen molar-refractivity contribution in [1.29, 1.82) is 0 Å². The van der Waals surface area contributed by atoms with Gasteiger partial charge in [-0.25, -0.2) is 9.78 Å². The lowest BCUT2D eigenvalue weighted by Gasteiger charge is -2.18. The van der Waals surface area contributed by atoms with E-state index in [2.05, 4.69) is 4.98 Å². The van der Waals surface area contributed by atoms with E-state index in [1.54, 1.807) is 39.3 Å². The highest BCUT2D eigenvalue weighted by Gasteiger charge is 2.24. The molecular formula is C23H25NO7. The number of ether oxygens (including phenoxy) is 6. The molecule has 3 rings (SSSR count). The summed E-state index contributed by atoms with van der Waals surface area (Å²) < 4.78 is 32.9. The number of hydrogen-bond donors (Lipinski definition) is 0. The second-order valence-corrected chi connectivity index (χ2v) is 6.36. The summed E-state index contributed by atoms with van der Waals surface area (Å²) in [7, 11) is 7.68. The third kappa shape index (κ3) is 3.88. The number of pyridine rings is 1. The number of rotatable bonds is 8. The molecule has 0 N–H and O–H groups in total. The van der Waals surface area contributed by atoms with E-state index in [0.29, 0.717) is 50.8 Å². The predicted molar refractivity (Wildman–Crippen MR) is 116 cm³/mol. The van der Waals surface area contributed by atoms with Crippen LogP contribution in [0.5, 0.6) is 28.7 Å². The number of esters is 1. The van der Waals surface area contributed by atoms with Crippen molar-refractivity contribution in [2.45, 2.75) is 6.92 Å². The number of para-hydroxylation sites is 1. The fraction of sp³-hybridized carbons (Fsp3) is 0.304. The highest BCUT2D eigenvalue weighted by molar-refractivity contribution is 6.05. The van der Waals surface area contributed by atoms with Crippen molar-refractivity contribution in [2.24, 2.45) is 0 Å². The monoisotopic (exact) mass is 427 g/mol. The van der Waals surface area contributed by atoms with Gasteiger partial charge in [-0.2, -0.15) is 0 Å². The maximum Gasteiger partial charge on any atom is 0.356 e. The number of carbonyl (C=O) groups is 1. The van der Waals surface area contributed by atoms with Gasteiger partial charge in [0.05, 0.1) is 47.8 Å². The Kier molecular flexibility index (Phi) is 6.69. The van der Waals surface area contributed by atoms with Gasteiger partial charge in [0.25, 0.3) is 0 Å². The van der Waals surface area contributed by atoms with Crippen molar-refractivity contribution in [3.63, 3.8) is 0 Å². The summed E-state index contributed by atoms with van der Waals surface area (Å²) in [4.78, 5) is 17.2. The second-order valence-electron chi connectivity index (χ2n) is 6.36. The van der Waals surface area contributed by atoms with Crippen LogP contribution in [0.25, 0.3) is 22.0 Å². The summed E-state index contributed by atoms with van der Waals surface area (Å²) in [5.41, 5.74) is 1.24. The van der Waals surface area contributed by atoms with Gasteiger partial charge >= 0.3 is 5.97 Å². The first kappa shape index (κ1) is 22.0. The Bertz CT molecular complexity index is 1110. The topological polar surface area (TPSA) is 85.3 Å². The highest BCUT2D eigenvalue weighted by Crippen LogP contribution is 2.47. The van der Waals surface area contributed by atoms with Crippen molar-refractivity contribution >= 4 is 16.7 Å². The van der Waals surface area contributed by atoms with Gasteiger partial charge in [0.15, 0.2) is 23.0 Å². The molecule has 0 spiro atoms. The summed E-state index contributed by atoms with van der Waals surface area (Å²) in [5, 5.41) is 1.28. The molecule has 0 aliphatic rings. The van der Waals surface area contributed by atoms with E-state index in [9.17, 15) is 4.79 Å². The summed E-state index contributed by atoms with van der Waals surface area (Å²) in [6, 6.07) is 8.83. The maximum atomic E-state index is 12.6. The number of fused-ring (bicyclic) bond motifs is 1. The van der Waals surface area contributed by atoms with Crippen LogP contribution in [0.3, 0.4) is 0 Å². The lowest BCUT2D eigenvalue weighted by Crippen LogP contribution is -2.09. The first-order chi connectivity index (χ1) is 15.0. The molecule has 0 amide bonds. The van der Waals surface area contributed by atoms with Gasteiger partial charge in [-0.3, -0.25) is 0 Å². The number of nitrogens with zero attached hydrogens (tertiary/aromatic N) is 1. The molecule has 1 heterocycles. The van der Waals surface area contributed by atoms with Crippen molar-refractivity contribution < 1.29 is 33.2 Å². The Labute approximate surface area is 180 Å². The molecule has 0 fully saturated rings. The molecule has 0 aliphatic carbocycles. The molecule has 164 valence electrons. The van der Waals surface area contributed by atoms with Crippen LogP contribution in [-0.2, 0) is 4.74 Å². The second kappa shape index (κ2) is 9.42. The molecule has 0 radical (unpaired) electrons. The van der Waals surface area contributed by atoms with Gasteiger partial charge < -0.3 is 28.4 Å². The molecule has 8 heteroatoms. The molecule has 3 aromatic rings. The maximum absolute atomic E-state index is 12.6. The highest BCUT2D eigenvalue weighted by atomic mass is 16.5. The zero-order chi connectivity index (χ0) is 22.5. The molecule has 8 nitrogen and oxygen atoms in total. The van der Waals surface area contributed by atoms with E-state index < -0.39 is 5.97 Å². The minimum absolute atomic E-state index is 0.125. The van der Waals surface area contributed by atoms with Gasteiger partial charge in [0.1, 0.15) is 5.69 Å². The van der Waals surface area contributed by atoms with Crippen LogP contribution in [0.2, 0.25) is 0 Å². The van der Waals surface area contributed by atoms with Gasteiger partial charge in [-0.15, -0.1) is 0 Å². The number of methoxy groups -OCH3 is 5. The smallest absolute Gasteiger partial charge is 0.356 e. The summed E-state index contributed by atoms with van der Waals surface area (Å²) >= 11 is 0. The minimum atomic E-state index is -0.552. The molecular weight excluding hydrogens is 402 g/mol. The van der Waals surface area contributed by atoms with Crippen LogP contribution in [-0.4, -0.2) is 53.1 Å². The molecule has 0 atom stereocenters. The lowest BCUT2D eigenvalue weighted by molar-refractivity contribution is 0.0520. The quantitative estimate of drug-likeness (QED) is 0.496. The van der Waals surface area contributed by atoms with Gasteiger partial charge in [0.2, 0.25) is 5.75 Å². The molecule has 31 heavy (non-hydrogen) atoms. The average molecular weight is 427 g/mol. The first-order valence-corrected chi connectivity index (χ1v) is 9.56. The predicted octanol–water partition coefficient (Wildman–Crippen LogP) is 4.12. The van der Waals surface area contributed by atoms with E-state index in [1.165, 1.54) is 21.3 Å². The summed E-state index contributed by atoms with van der Waals surface area (Å²) in [6.07, 6.45) is 0. The van der Waals surface area contributed by atoms with Crippen LogP contribution >= 0.6 is 0 Å². The van der Waals surface area contributed by atoms with Crippen molar-refractivity contribution in [1.82, 2.24) is 4.98 Å². The van der Waals surface area contributed by atoms with E-state index in [-0.39, 0.29) is 12.3 Å². The molecule has 0 bridgehead atoms. The molecule has 2 aromatic carbocycles. The Hall–Kier alpha value is -3.68. The average Bonchev–Trinajstić information content (AvgIpc) is 2.81. The number of benzene rings is 2. The van der Waals surface area contributed by atoms with Gasteiger partial charge in [-0.1, -0.05) is 6.07 Å². The zero-order valence-electron chi connectivity index (χ0n) is 18.4. The lowest BCUT2D eigenvalue weighted by atomic mass is 10.00. The van der Waals surface area contributed by atoms with E-state index in [0.717, 1.165) is 0 Å². The molecule has 0 unspecified atom stereocenters. The van der Waals surface area contributed by atoms with E-state index in [1.807, 2.05) is 12.1 Å². The van der Waals surface area contributed by atoms with Crippen LogP contribution in [0, 0.1) is 0 Å². The number of hydrogen-bond acceptors (Lipinski definition) is 8. The molecule has 1 aromatic heterocycles. The van der Waals surface area contributed by atoms with Crippen molar-refractivity contribution in [3.05, 3.63) is 36.0 Å². The third-order valence-corrected chi connectivity index (χ3v) is 4.78. The van der Waals surface area contributed by atoms with E-state index >= 15 is 0 Å². The van der Waals surface area contributed by atoms with Crippen LogP contribution < -0.4 is 23.7 Å². The van der Waals surface area contributed by atoms with Crippen molar-refractivity contribution in [2.75, 3.05) is 42.2 Å². The minimum Gasteiger partial charge on any atom is -0.493 e. The molecule has 0 saturated carbocycles. The largest absolute Gasteiger partial charge is 0.493 e. The van der Waals surface area contributed by atoms with Crippen LogP contribution in [0.4, 0.5) is 0 Å². The summed E-state index contributed by atoms with van der Waals surface area (Å²) in [6.45, 7) is 1.96.